The lowest BCUT2D eigenvalue weighted by Gasteiger charge is -2.37. The highest BCUT2D eigenvalue weighted by molar-refractivity contribution is 7.88. The largest absolute Gasteiger partial charge is 0.373 e. The van der Waals surface area contributed by atoms with Gasteiger partial charge in [0.15, 0.2) is 0 Å². The first-order valence-corrected chi connectivity index (χ1v) is 8.33. The Balaban J connectivity index is 2.14. The van der Waals surface area contributed by atoms with E-state index in [1.165, 1.54) is 4.31 Å². The standard InChI is InChI=1S/C14H22N2O3S/c1-14(2)11-16(6-7-19-14)20(17,18)10-13-5-3-4-12(8-13)9-15/h3-5,8H,6-7,9-11,15H2,1-2H3. The Kier molecular flexibility index (Phi) is 4.49. The van der Waals surface area contributed by atoms with Crippen LogP contribution in [-0.2, 0) is 27.1 Å². The minimum Gasteiger partial charge on any atom is -0.373 e. The normalized spacial score (nSPS) is 19.9. The van der Waals surface area contributed by atoms with E-state index in [1.807, 2.05) is 38.1 Å². The molecule has 0 aliphatic carbocycles. The molecule has 0 radical (unpaired) electrons. The molecule has 1 saturated heterocycles. The highest BCUT2D eigenvalue weighted by atomic mass is 32.2. The molecule has 0 amide bonds. The number of hydrogen-bond acceptors (Lipinski definition) is 4. The lowest BCUT2D eigenvalue weighted by Crippen LogP contribution is -2.50. The van der Waals surface area contributed by atoms with Crippen molar-refractivity contribution < 1.29 is 13.2 Å². The first kappa shape index (κ1) is 15.4. The summed E-state index contributed by atoms with van der Waals surface area (Å²) in [5.74, 6) is 0.0108. The van der Waals surface area contributed by atoms with Gasteiger partial charge in [0.25, 0.3) is 0 Å². The fourth-order valence-corrected chi connectivity index (χ4v) is 4.00. The molecule has 2 rings (SSSR count). The van der Waals surface area contributed by atoms with Crippen molar-refractivity contribution in [2.45, 2.75) is 31.7 Å². The zero-order valence-corrected chi connectivity index (χ0v) is 12.8. The van der Waals surface area contributed by atoms with Crippen LogP contribution in [0.15, 0.2) is 24.3 Å². The van der Waals surface area contributed by atoms with Crippen LogP contribution >= 0.6 is 0 Å². The van der Waals surface area contributed by atoms with E-state index in [0.29, 0.717) is 26.2 Å². The maximum absolute atomic E-state index is 12.5. The minimum absolute atomic E-state index is 0.0108. The van der Waals surface area contributed by atoms with Gasteiger partial charge in [0, 0.05) is 19.6 Å². The van der Waals surface area contributed by atoms with Crippen molar-refractivity contribution in [3.05, 3.63) is 35.4 Å². The van der Waals surface area contributed by atoms with Crippen molar-refractivity contribution in [1.82, 2.24) is 4.31 Å². The number of sulfonamides is 1. The predicted octanol–water partition coefficient (Wildman–Crippen LogP) is 1.09. The van der Waals surface area contributed by atoms with Gasteiger partial charge in [-0.2, -0.15) is 4.31 Å². The monoisotopic (exact) mass is 298 g/mol. The zero-order chi connectivity index (χ0) is 14.8. The van der Waals surface area contributed by atoms with Gasteiger partial charge in [0.1, 0.15) is 0 Å². The van der Waals surface area contributed by atoms with Crippen LogP contribution in [0, 0.1) is 0 Å². The van der Waals surface area contributed by atoms with Crippen LogP contribution in [0.1, 0.15) is 25.0 Å². The third kappa shape index (κ3) is 3.79. The first-order valence-electron chi connectivity index (χ1n) is 6.72. The number of hydrogen-bond donors (Lipinski definition) is 1. The topological polar surface area (TPSA) is 72.6 Å². The smallest absolute Gasteiger partial charge is 0.218 e. The zero-order valence-electron chi connectivity index (χ0n) is 12.0. The summed E-state index contributed by atoms with van der Waals surface area (Å²) in [4.78, 5) is 0. The summed E-state index contributed by atoms with van der Waals surface area (Å²) in [5, 5.41) is 0. The molecule has 1 heterocycles. The summed E-state index contributed by atoms with van der Waals surface area (Å²) in [5.41, 5.74) is 6.88. The summed E-state index contributed by atoms with van der Waals surface area (Å²) in [6.45, 7) is 5.48. The van der Waals surface area contributed by atoms with Crippen LogP contribution in [0.3, 0.4) is 0 Å². The van der Waals surface area contributed by atoms with Crippen molar-refractivity contribution >= 4 is 10.0 Å². The average Bonchev–Trinajstić information content (AvgIpc) is 2.37. The third-order valence-electron chi connectivity index (χ3n) is 3.36. The Morgan fingerprint density at radius 2 is 2.05 bits per heavy atom. The molecule has 1 aliphatic heterocycles. The fourth-order valence-electron chi connectivity index (χ4n) is 2.36. The van der Waals surface area contributed by atoms with Gasteiger partial charge in [-0.3, -0.25) is 0 Å². The second kappa shape index (κ2) is 5.81. The average molecular weight is 298 g/mol. The fraction of sp³-hybridized carbons (Fsp3) is 0.571. The molecule has 0 aromatic heterocycles. The lowest BCUT2D eigenvalue weighted by atomic mass is 10.1. The van der Waals surface area contributed by atoms with Gasteiger partial charge < -0.3 is 10.5 Å². The predicted molar refractivity (Wildman–Crippen MR) is 78.6 cm³/mol. The van der Waals surface area contributed by atoms with Crippen molar-refractivity contribution in [2.75, 3.05) is 19.7 Å². The van der Waals surface area contributed by atoms with Crippen LogP contribution in [0.2, 0.25) is 0 Å². The molecule has 6 heteroatoms. The molecular weight excluding hydrogens is 276 g/mol. The molecule has 2 N–H and O–H groups in total. The Hall–Kier alpha value is -0.950. The number of morpholine rings is 1. The van der Waals surface area contributed by atoms with E-state index in [1.54, 1.807) is 0 Å². The first-order chi connectivity index (χ1) is 9.32. The van der Waals surface area contributed by atoms with Crippen LogP contribution in [-0.4, -0.2) is 38.0 Å². The van der Waals surface area contributed by atoms with Gasteiger partial charge in [-0.05, 0) is 25.0 Å². The molecule has 1 aliphatic rings. The summed E-state index contributed by atoms with van der Waals surface area (Å²) >= 11 is 0. The summed E-state index contributed by atoms with van der Waals surface area (Å²) in [6, 6.07) is 7.41. The molecule has 0 unspecified atom stereocenters. The number of rotatable bonds is 4. The molecule has 0 saturated carbocycles. The number of benzene rings is 1. The number of nitrogens with zero attached hydrogens (tertiary/aromatic N) is 1. The molecule has 1 fully saturated rings. The molecule has 112 valence electrons. The molecule has 0 atom stereocenters. The quantitative estimate of drug-likeness (QED) is 0.903. The van der Waals surface area contributed by atoms with E-state index in [4.69, 9.17) is 10.5 Å². The third-order valence-corrected chi connectivity index (χ3v) is 5.16. The lowest BCUT2D eigenvalue weighted by molar-refractivity contribution is -0.0640. The molecule has 0 bridgehead atoms. The van der Waals surface area contributed by atoms with Crippen molar-refractivity contribution in [1.29, 1.82) is 0 Å². The van der Waals surface area contributed by atoms with Crippen LogP contribution in [0.4, 0.5) is 0 Å². The summed E-state index contributed by atoms with van der Waals surface area (Å²) in [6.07, 6.45) is 0. The Bertz CT molecular complexity index is 570. The van der Waals surface area contributed by atoms with Crippen molar-refractivity contribution in [3.63, 3.8) is 0 Å². The van der Waals surface area contributed by atoms with Gasteiger partial charge in [-0.25, -0.2) is 8.42 Å². The van der Waals surface area contributed by atoms with Crippen LogP contribution < -0.4 is 5.73 Å². The van der Waals surface area contributed by atoms with Gasteiger partial charge in [-0.15, -0.1) is 0 Å². The maximum atomic E-state index is 12.5. The van der Waals surface area contributed by atoms with E-state index in [2.05, 4.69) is 0 Å². The molecule has 1 aromatic carbocycles. The number of nitrogens with two attached hydrogens (primary N) is 1. The Morgan fingerprint density at radius 1 is 1.35 bits per heavy atom. The van der Waals surface area contributed by atoms with Gasteiger partial charge in [0.05, 0.1) is 18.0 Å². The van der Waals surface area contributed by atoms with Crippen LogP contribution in [0.25, 0.3) is 0 Å². The highest BCUT2D eigenvalue weighted by Crippen LogP contribution is 2.21. The van der Waals surface area contributed by atoms with E-state index in [-0.39, 0.29) is 5.75 Å². The molecule has 5 nitrogen and oxygen atoms in total. The Labute approximate surface area is 120 Å². The van der Waals surface area contributed by atoms with E-state index < -0.39 is 15.6 Å². The van der Waals surface area contributed by atoms with Gasteiger partial charge in [-0.1, -0.05) is 24.3 Å². The molecule has 1 aromatic rings. The molecule has 20 heavy (non-hydrogen) atoms. The van der Waals surface area contributed by atoms with E-state index >= 15 is 0 Å². The highest BCUT2D eigenvalue weighted by Gasteiger charge is 2.33. The van der Waals surface area contributed by atoms with Gasteiger partial charge >= 0.3 is 0 Å². The summed E-state index contributed by atoms with van der Waals surface area (Å²) in [7, 11) is -3.32. The second-order valence-corrected chi connectivity index (χ2v) is 7.69. The minimum atomic E-state index is -3.32. The molecule has 0 spiro atoms. The SMILES string of the molecule is CC1(C)CN(S(=O)(=O)Cc2cccc(CN)c2)CCO1. The van der Waals surface area contributed by atoms with E-state index in [9.17, 15) is 8.42 Å². The van der Waals surface area contributed by atoms with Crippen LogP contribution in [0.5, 0.6) is 0 Å². The van der Waals surface area contributed by atoms with Gasteiger partial charge in [0.2, 0.25) is 10.0 Å². The second-order valence-electron chi connectivity index (χ2n) is 5.72. The van der Waals surface area contributed by atoms with Crippen molar-refractivity contribution in [3.8, 4) is 0 Å². The maximum Gasteiger partial charge on any atom is 0.218 e. The van der Waals surface area contributed by atoms with E-state index in [0.717, 1.165) is 11.1 Å². The Morgan fingerprint density at radius 3 is 2.70 bits per heavy atom. The molecular formula is C14H22N2O3S. The van der Waals surface area contributed by atoms with Crippen molar-refractivity contribution in [2.24, 2.45) is 5.73 Å². The summed E-state index contributed by atoms with van der Waals surface area (Å²) < 4.78 is 32.0. The number of ether oxygens (including phenoxy) is 1.